The van der Waals surface area contributed by atoms with Crippen molar-refractivity contribution in [3.05, 3.63) is 59.8 Å². The quantitative estimate of drug-likeness (QED) is 0.731. The zero-order valence-corrected chi connectivity index (χ0v) is 11.9. The molecule has 0 fully saturated rings. The lowest BCUT2D eigenvalue weighted by molar-refractivity contribution is -0.115. The molecule has 0 aliphatic carbocycles. The molecular formula is C16H14FN3O2. The molecule has 0 radical (unpaired) electrons. The number of halogens is 1. The van der Waals surface area contributed by atoms with Crippen LogP contribution < -0.4 is 5.32 Å². The maximum Gasteiger partial charge on any atom is 0.230 e. The van der Waals surface area contributed by atoms with E-state index >= 15 is 0 Å². The van der Waals surface area contributed by atoms with Crippen molar-refractivity contribution in [1.82, 2.24) is 9.38 Å². The third kappa shape index (κ3) is 2.90. The van der Waals surface area contributed by atoms with Gasteiger partial charge in [0, 0.05) is 12.4 Å². The maximum absolute atomic E-state index is 13.1. The van der Waals surface area contributed by atoms with Crippen LogP contribution in [-0.2, 0) is 11.2 Å². The molecule has 0 saturated heterocycles. The number of hydrogen-bond acceptors (Lipinski definition) is 3. The van der Waals surface area contributed by atoms with Gasteiger partial charge in [0.2, 0.25) is 5.91 Å². The fourth-order valence-corrected chi connectivity index (χ4v) is 2.21. The normalized spacial score (nSPS) is 10.8. The second-order valence-corrected chi connectivity index (χ2v) is 5.09. The van der Waals surface area contributed by atoms with Crippen molar-refractivity contribution in [2.45, 2.75) is 13.3 Å². The molecule has 0 spiro atoms. The number of aromatic hydroxyl groups is 1. The van der Waals surface area contributed by atoms with Gasteiger partial charge in [0.05, 0.1) is 17.8 Å². The predicted molar refractivity (Wildman–Crippen MR) is 80.3 cm³/mol. The van der Waals surface area contributed by atoms with Gasteiger partial charge in [-0.15, -0.1) is 0 Å². The minimum Gasteiger partial charge on any atom is -0.506 e. The second-order valence-electron chi connectivity index (χ2n) is 5.09. The topological polar surface area (TPSA) is 66.6 Å². The minimum atomic E-state index is -0.370. The summed E-state index contributed by atoms with van der Waals surface area (Å²) in [7, 11) is 0. The SMILES string of the molecule is Cc1ccc(O)c(NC(=O)Cc2cn3cc(F)ccc3n2)c1. The smallest absolute Gasteiger partial charge is 0.230 e. The summed E-state index contributed by atoms with van der Waals surface area (Å²) in [5, 5.41) is 12.4. The Kier molecular flexibility index (Phi) is 3.50. The van der Waals surface area contributed by atoms with E-state index in [2.05, 4.69) is 10.3 Å². The van der Waals surface area contributed by atoms with Gasteiger partial charge in [-0.3, -0.25) is 4.79 Å². The number of hydrogen-bond donors (Lipinski definition) is 2. The third-order valence-corrected chi connectivity index (χ3v) is 3.23. The second kappa shape index (κ2) is 5.48. The lowest BCUT2D eigenvalue weighted by atomic mass is 10.2. The fourth-order valence-electron chi connectivity index (χ4n) is 2.21. The van der Waals surface area contributed by atoms with Gasteiger partial charge in [0.15, 0.2) is 0 Å². The van der Waals surface area contributed by atoms with Crippen LogP contribution in [-0.4, -0.2) is 20.4 Å². The van der Waals surface area contributed by atoms with Gasteiger partial charge in [0.1, 0.15) is 17.2 Å². The van der Waals surface area contributed by atoms with Crippen LogP contribution in [0.25, 0.3) is 5.65 Å². The van der Waals surface area contributed by atoms with Gasteiger partial charge in [-0.05, 0) is 36.8 Å². The lowest BCUT2D eigenvalue weighted by Crippen LogP contribution is -2.14. The molecule has 5 nitrogen and oxygen atoms in total. The molecule has 22 heavy (non-hydrogen) atoms. The minimum absolute atomic E-state index is 0.0102. The number of pyridine rings is 1. The molecule has 6 heteroatoms. The monoisotopic (exact) mass is 299 g/mol. The first kappa shape index (κ1) is 14.1. The van der Waals surface area contributed by atoms with Gasteiger partial charge in [0.25, 0.3) is 0 Å². The predicted octanol–water partition coefficient (Wildman–Crippen LogP) is 2.67. The van der Waals surface area contributed by atoms with Crippen LogP contribution in [0.15, 0.2) is 42.7 Å². The first-order chi connectivity index (χ1) is 10.5. The molecule has 3 rings (SSSR count). The number of rotatable bonds is 3. The van der Waals surface area contributed by atoms with Crippen LogP contribution in [0.3, 0.4) is 0 Å². The Labute approximate surface area is 126 Å². The van der Waals surface area contributed by atoms with Crippen LogP contribution in [0.5, 0.6) is 5.75 Å². The van der Waals surface area contributed by atoms with Crippen LogP contribution in [0.4, 0.5) is 10.1 Å². The molecule has 2 heterocycles. The first-order valence-corrected chi connectivity index (χ1v) is 6.74. The molecule has 2 N–H and O–H groups in total. The van der Waals surface area contributed by atoms with Crippen LogP contribution in [0.1, 0.15) is 11.3 Å². The molecule has 3 aromatic rings. The Morgan fingerprint density at radius 1 is 1.32 bits per heavy atom. The summed E-state index contributed by atoms with van der Waals surface area (Å²) in [5.74, 6) is -0.661. The molecule has 0 saturated carbocycles. The fraction of sp³-hybridized carbons (Fsp3) is 0.125. The van der Waals surface area contributed by atoms with Gasteiger partial charge in [-0.2, -0.15) is 0 Å². The van der Waals surface area contributed by atoms with E-state index < -0.39 is 0 Å². The number of carbonyl (C=O) groups excluding carboxylic acids is 1. The summed E-state index contributed by atoms with van der Waals surface area (Å²) in [6.45, 7) is 1.87. The van der Waals surface area contributed by atoms with Crippen LogP contribution in [0, 0.1) is 12.7 Å². The number of benzene rings is 1. The van der Waals surface area contributed by atoms with E-state index in [4.69, 9.17) is 0 Å². The van der Waals surface area contributed by atoms with E-state index in [1.54, 1.807) is 24.4 Å². The van der Waals surface area contributed by atoms with E-state index in [-0.39, 0.29) is 23.9 Å². The number of imidazole rings is 1. The van der Waals surface area contributed by atoms with Crippen molar-refractivity contribution in [3.63, 3.8) is 0 Å². The highest BCUT2D eigenvalue weighted by atomic mass is 19.1. The van der Waals surface area contributed by atoms with E-state index in [0.717, 1.165) is 5.56 Å². The number of aromatic nitrogens is 2. The van der Waals surface area contributed by atoms with E-state index in [1.165, 1.54) is 22.7 Å². The number of anilines is 1. The number of carbonyl (C=O) groups is 1. The number of phenols is 1. The Hall–Kier alpha value is -2.89. The zero-order chi connectivity index (χ0) is 15.7. The molecule has 1 aromatic carbocycles. The number of aryl methyl sites for hydroxylation is 1. The van der Waals surface area contributed by atoms with Crippen LogP contribution >= 0.6 is 0 Å². The summed E-state index contributed by atoms with van der Waals surface area (Å²) >= 11 is 0. The molecule has 0 bridgehead atoms. The average Bonchev–Trinajstić information content (AvgIpc) is 2.84. The summed E-state index contributed by atoms with van der Waals surface area (Å²) < 4.78 is 14.7. The summed E-state index contributed by atoms with van der Waals surface area (Å²) in [5.41, 5.74) is 2.38. The van der Waals surface area contributed by atoms with Gasteiger partial charge >= 0.3 is 0 Å². The van der Waals surface area contributed by atoms with E-state index in [1.807, 2.05) is 6.92 Å². The standard InChI is InChI=1S/C16H14FN3O2/c1-10-2-4-14(21)13(6-10)19-16(22)7-12-9-20-8-11(17)3-5-15(20)18-12/h2-6,8-9,21H,7H2,1H3,(H,19,22). The van der Waals surface area contributed by atoms with Gasteiger partial charge in [-0.1, -0.05) is 6.07 Å². The van der Waals surface area contributed by atoms with Crippen molar-refractivity contribution in [2.75, 3.05) is 5.32 Å². The molecule has 0 unspecified atom stereocenters. The van der Waals surface area contributed by atoms with E-state index in [9.17, 15) is 14.3 Å². The highest BCUT2D eigenvalue weighted by Crippen LogP contribution is 2.24. The highest BCUT2D eigenvalue weighted by Gasteiger charge is 2.10. The van der Waals surface area contributed by atoms with Gasteiger partial charge in [-0.25, -0.2) is 9.37 Å². The molecule has 0 aliphatic heterocycles. The number of nitrogens with zero attached hydrogens (tertiary/aromatic N) is 2. The number of amides is 1. The van der Waals surface area contributed by atoms with Crippen molar-refractivity contribution >= 4 is 17.2 Å². The Morgan fingerprint density at radius 3 is 2.95 bits per heavy atom. The Bertz CT molecular complexity index is 858. The zero-order valence-electron chi connectivity index (χ0n) is 11.9. The van der Waals surface area contributed by atoms with Gasteiger partial charge < -0.3 is 14.8 Å². The molecule has 0 aliphatic rings. The lowest BCUT2D eigenvalue weighted by Gasteiger charge is -2.07. The molecule has 1 amide bonds. The maximum atomic E-state index is 13.1. The first-order valence-electron chi connectivity index (χ1n) is 6.74. The van der Waals surface area contributed by atoms with Crippen molar-refractivity contribution in [1.29, 1.82) is 0 Å². The largest absolute Gasteiger partial charge is 0.506 e. The summed E-state index contributed by atoms with van der Waals surface area (Å²) in [4.78, 5) is 16.3. The van der Waals surface area contributed by atoms with Crippen molar-refractivity contribution < 1.29 is 14.3 Å². The molecular weight excluding hydrogens is 285 g/mol. The summed E-state index contributed by atoms with van der Waals surface area (Å²) in [6.07, 6.45) is 2.95. The number of fused-ring (bicyclic) bond motifs is 1. The van der Waals surface area contributed by atoms with Crippen LogP contribution in [0.2, 0.25) is 0 Å². The third-order valence-electron chi connectivity index (χ3n) is 3.23. The Balaban J connectivity index is 1.76. The van der Waals surface area contributed by atoms with Crippen molar-refractivity contribution in [3.8, 4) is 5.75 Å². The number of nitrogens with one attached hydrogen (secondary N) is 1. The molecule has 0 atom stereocenters. The van der Waals surface area contributed by atoms with E-state index in [0.29, 0.717) is 17.0 Å². The summed E-state index contributed by atoms with van der Waals surface area (Å²) in [6, 6.07) is 7.83. The molecule has 112 valence electrons. The Morgan fingerprint density at radius 2 is 2.14 bits per heavy atom. The number of phenolic OH excluding ortho intramolecular Hbond substituents is 1. The molecule has 2 aromatic heterocycles. The van der Waals surface area contributed by atoms with Crippen molar-refractivity contribution in [2.24, 2.45) is 0 Å². The average molecular weight is 299 g/mol. The highest BCUT2D eigenvalue weighted by molar-refractivity contribution is 5.93.